The highest BCUT2D eigenvalue weighted by molar-refractivity contribution is 5.68. The van der Waals surface area contributed by atoms with Gasteiger partial charge in [-0.2, -0.15) is 13.2 Å². The van der Waals surface area contributed by atoms with Crippen molar-refractivity contribution < 1.29 is 22.7 Å². The van der Waals surface area contributed by atoms with Gasteiger partial charge in [0.05, 0.1) is 5.56 Å². The van der Waals surface area contributed by atoms with Crippen LogP contribution in [-0.4, -0.2) is 12.6 Å². The zero-order valence-electron chi connectivity index (χ0n) is 13.2. The van der Waals surface area contributed by atoms with Crippen molar-refractivity contribution in [1.82, 2.24) is 5.32 Å². The third-order valence-electron chi connectivity index (χ3n) is 3.26. The van der Waals surface area contributed by atoms with Gasteiger partial charge >= 0.3 is 12.3 Å². The number of rotatable bonds is 5. The van der Waals surface area contributed by atoms with E-state index in [1.807, 2.05) is 30.3 Å². The van der Waals surface area contributed by atoms with Crippen molar-refractivity contribution in [3.8, 4) is 0 Å². The molecular formula is C18H17F3N2O2. The van der Waals surface area contributed by atoms with Crippen molar-refractivity contribution in [3.63, 3.8) is 0 Å². The highest BCUT2D eigenvalue weighted by Crippen LogP contribution is 2.33. The quantitative estimate of drug-likeness (QED) is 0.793. The SMILES string of the molecule is Nc1ccc(C(F)(F)F)c(C=CCNC(=O)OCc2ccccc2)c1. The van der Waals surface area contributed by atoms with Gasteiger partial charge in [0.1, 0.15) is 6.61 Å². The number of ether oxygens (including phenoxy) is 1. The number of alkyl carbamates (subject to hydrolysis) is 1. The molecule has 0 radical (unpaired) electrons. The zero-order chi connectivity index (χ0) is 18.3. The van der Waals surface area contributed by atoms with Gasteiger partial charge in [0.2, 0.25) is 0 Å². The number of halogens is 3. The molecule has 3 N–H and O–H groups in total. The van der Waals surface area contributed by atoms with Crippen LogP contribution in [0.25, 0.3) is 6.08 Å². The summed E-state index contributed by atoms with van der Waals surface area (Å²) in [6.45, 7) is 0.142. The summed E-state index contributed by atoms with van der Waals surface area (Å²) in [5.74, 6) is 0. The number of carbonyl (C=O) groups is 1. The molecule has 7 heteroatoms. The van der Waals surface area contributed by atoms with Crippen LogP contribution < -0.4 is 11.1 Å². The van der Waals surface area contributed by atoms with Gasteiger partial charge in [-0.05, 0) is 29.3 Å². The molecule has 2 aromatic carbocycles. The minimum Gasteiger partial charge on any atom is -0.445 e. The Morgan fingerprint density at radius 3 is 2.56 bits per heavy atom. The Bertz CT molecular complexity index is 744. The number of hydrogen-bond donors (Lipinski definition) is 2. The summed E-state index contributed by atoms with van der Waals surface area (Å²) in [5.41, 5.74) is 5.74. The predicted molar refractivity (Wildman–Crippen MR) is 89.5 cm³/mol. The molecule has 132 valence electrons. The lowest BCUT2D eigenvalue weighted by atomic mass is 10.1. The van der Waals surface area contributed by atoms with E-state index < -0.39 is 17.8 Å². The summed E-state index contributed by atoms with van der Waals surface area (Å²) < 4.78 is 43.7. The lowest BCUT2D eigenvalue weighted by Gasteiger charge is -2.11. The maximum atomic E-state index is 12.9. The third kappa shape index (κ3) is 5.87. The fourth-order valence-electron chi connectivity index (χ4n) is 2.08. The van der Waals surface area contributed by atoms with Crippen LogP contribution >= 0.6 is 0 Å². The number of nitrogen functional groups attached to an aromatic ring is 1. The van der Waals surface area contributed by atoms with Crippen LogP contribution in [0.15, 0.2) is 54.6 Å². The maximum Gasteiger partial charge on any atom is 0.416 e. The molecule has 0 heterocycles. The van der Waals surface area contributed by atoms with Crippen LogP contribution in [0.5, 0.6) is 0 Å². The van der Waals surface area contributed by atoms with Gasteiger partial charge in [-0.25, -0.2) is 4.79 Å². The second-order valence-corrected chi connectivity index (χ2v) is 5.19. The predicted octanol–water partition coefficient (Wildman–Crippen LogP) is 4.23. The summed E-state index contributed by atoms with van der Waals surface area (Å²) >= 11 is 0. The van der Waals surface area contributed by atoms with Gasteiger partial charge in [0.15, 0.2) is 0 Å². The highest BCUT2D eigenvalue weighted by Gasteiger charge is 2.32. The van der Waals surface area contributed by atoms with Crippen LogP contribution in [0.1, 0.15) is 16.7 Å². The largest absolute Gasteiger partial charge is 0.445 e. The monoisotopic (exact) mass is 350 g/mol. The normalized spacial score (nSPS) is 11.5. The van der Waals surface area contributed by atoms with Crippen molar-refractivity contribution in [2.24, 2.45) is 0 Å². The molecule has 0 saturated carbocycles. The first-order valence-electron chi connectivity index (χ1n) is 7.44. The molecule has 0 aromatic heterocycles. The fourth-order valence-corrected chi connectivity index (χ4v) is 2.08. The van der Waals surface area contributed by atoms with Gasteiger partial charge in [-0.15, -0.1) is 0 Å². The van der Waals surface area contributed by atoms with Crippen LogP contribution in [-0.2, 0) is 17.5 Å². The van der Waals surface area contributed by atoms with Crippen molar-refractivity contribution >= 4 is 17.9 Å². The molecule has 2 aromatic rings. The van der Waals surface area contributed by atoms with E-state index in [-0.39, 0.29) is 24.4 Å². The molecule has 4 nitrogen and oxygen atoms in total. The fraction of sp³-hybridized carbons (Fsp3) is 0.167. The first-order valence-corrected chi connectivity index (χ1v) is 7.44. The summed E-state index contributed by atoms with van der Waals surface area (Å²) in [4.78, 5) is 11.5. The Kier molecular flexibility index (Phi) is 6.05. The smallest absolute Gasteiger partial charge is 0.416 e. The minimum atomic E-state index is -4.48. The molecule has 0 aliphatic rings. The average Bonchev–Trinajstić information content (AvgIpc) is 2.57. The zero-order valence-corrected chi connectivity index (χ0v) is 13.2. The molecule has 0 aliphatic heterocycles. The van der Waals surface area contributed by atoms with Crippen molar-refractivity contribution in [2.45, 2.75) is 12.8 Å². The number of carbonyl (C=O) groups excluding carboxylic acids is 1. The number of alkyl halides is 3. The Morgan fingerprint density at radius 2 is 1.88 bits per heavy atom. The molecule has 0 atom stereocenters. The summed E-state index contributed by atoms with van der Waals surface area (Å²) in [6, 6.07) is 12.5. The van der Waals surface area contributed by atoms with E-state index in [1.54, 1.807) is 0 Å². The van der Waals surface area contributed by atoms with E-state index in [0.717, 1.165) is 11.6 Å². The number of amides is 1. The first kappa shape index (κ1) is 18.4. The van der Waals surface area contributed by atoms with E-state index in [4.69, 9.17) is 10.5 Å². The standard InChI is InChI=1S/C18H17F3N2O2/c19-18(20,21)16-9-8-15(22)11-14(16)7-4-10-23-17(24)25-12-13-5-2-1-3-6-13/h1-9,11H,10,12,22H2,(H,23,24). The number of nitrogens with one attached hydrogen (secondary N) is 1. The van der Waals surface area contributed by atoms with E-state index in [0.29, 0.717) is 0 Å². The second-order valence-electron chi connectivity index (χ2n) is 5.19. The van der Waals surface area contributed by atoms with Crippen molar-refractivity contribution in [3.05, 3.63) is 71.3 Å². The minimum absolute atomic E-state index is 0.0275. The Morgan fingerprint density at radius 1 is 1.16 bits per heavy atom. The van der Waals surface area contributed by atoms with Crippen LogP contribution in [0.3, 0.4) is 0 Å². The molecule has 0 bridgehead atoms. The molecule has 0 saturated heterocycles. The molecule has 2 rings (SSSR count). The maximum absolute atomic E-state index is 12.9. The molecule has 0 fully saturated rings. The lowest BCUT2D eigenvalue weighted by molar-refractivity contribution is -0.137. The molecule has 1 amide bonds. The van der Waals surface area contributed by atoms with Crippen LogP contribution in [0.4, 0.5) is 23.7 Å². The molecule has 0 unspecified atom stereocenters. The Labute approximate surface area is 143 Å². The number of hydrogen-bond acceptors (Lipinski definition) is 3. The van der Waals surface area contributed by atoms with Gasteiger partial charge in [-0.1, -0.05) is 42.5 Å². The van der Waals surface area contributed by atoms with Gasteiger partial charge in [0, 0.05) is 12.2 Å². The van der Waals surface area contributed by atoms with E-state index in [2.05, 4.69) is 5.32 Å². The van der Waals surface area contributed by atoms with E-state index in [1.165, 1.54) is 24.3 Å². The van der Waals surface area contributed by atoms with Gasteiger partial charge in [-0.3, -0.25) is 0 Å². The number of nitrogens with two attached hydrogens (primary N) is 1. The Hall–Kier alpha value is -2.96. The number of benzene rings is 2. The van der Waals surface area contributed by atoms with E-state index >= 15 is 0 Å². The lowest BCUT2D eigenvalue weighted by Crippen LogP contribution is -2.24. The topological polar surface area (TPSA) is 64.3 Å². The molecule has 0 aliphatic carbocycles. The number of anilines is 1. The van der Waals surface area contributed by atoms with Crippen LogP contribution in [0.2, 0.25) is 0 Å². The second kappa shape index (κ2) is 8.23. The summed E-state index contributed by atoms with van der Waals surface area (Å²) in [7, 11) is 0. The van der Waals surface area contributed by atoms with Gasteiger partial charge < -0.3 is 15.8 Å². The van der Waals surface area contributed by atoms with Crippen molar-refractivity contribution in [2.75, 3.05) is 12.3 Å². The molecule has 25 heavy (non-hydrogen) atoms. The van der Waals surface area contributed by atoms with Gasteiger partial charge in [0.25, 0.3) is 0 Å². The highest BCUT2D eigenvalue weighted by atomic mass is 19.4. The first-order chi connectivity index (χ1) is 11.9. The third-order valence-corrected chi connectivity index (χ3v) is 3.26. The van der Waals surface area contributed by atoms with Crippen molar-refractivity contribution in [1.29, 1.82) is 0 Å². The van der Waals surface area contributed by atoms with E-state index in [9.17, 15) is 18.0 Å². The Balaban J connectivity index is 1.87. The average molecular weight is 350 g/mol. The summed E-state index contributed by atoms with van der Waals surface area (Å²) in [5, 5.41) is 2.44. The summed E-state index contributed by atoms with van der Waals surface area (Å²) in [6.07, 6.45) is -2.48. The molecule has 0 spiro atoms. The molecular weight excluding hydrogens is 333 g/mol. The van der Waals surface area contributed by atoms with Crippen LogP contribution in [0, 0.1) is 0 Å².